The van der Waals surface area contributed by atoms with Crippen LogP contribution in [-0.4, -0.2) is 0 Å². The Morgan fingerprint density at radius 2 is 2.36 bits per heavy atom. The summed E-state index contributed by atoms with van der Waals surface area (Å²) in [7, 11) is 0. The molecule has 2 heteroatoms. The van der Waals surface area contributed by atoms with Crippen molar-refractivity contribution in [3.05, 3.63) is 28.8 Å². The van der Waals surface area contributed by atoms with Gasteiger partial charge in [-0.1, -0.05) is 26.0 Å². The third-order valence-corrected chi connectivity index (χ3v) is 2.08. The Hall–Kier alpha value is -0.920. The summed E-state index contributed by atoms with van der Waals surface area (Å²) in [4.78, 5) is 10.1. The zero-order valence-corrected chi connectivity index (χ0v) is 6.95. The van der Waals surface area contributed by atoms with E-state index in [1.165, 1.54) is 0 Å². The van der Waals surface area contributed by atoms with Crippen LogP contribution >= 0.6 is 0 Å². The monoisotopic (exact) mass is 151 g/mol. The van der Waals surface area contributed by atoms with Crippen molar-refractivity contribution in [2.75, 3.05) is 0 Å². The van der Waals surface area contributed by atoms with Crippen molar-refractivity contribution in [3.63, 3.8) is 0 Å². The number of hydrogen-bond donors (Lipinski definition) is 0. The Balaban J connectivity index is 2.57. The highest BCUT2D eigenvalue weighted by molar-refractivity contribution is 5.22. The second-order valence-electron chi connectivity index (χ2n) is 3.22. The molecule has 0 aliphatic heterocycles. The molecule has 0 bridgehead atoms. The fourth-order valence-electron chi connectivity index (χ4n) is 1.19. The lowest BCUT2D eigenvalue weighted by molar-refractivity contribution is 0.466. The molecule has 1 aliphatic carbocycles. The number of rotatable bonds is 2. The van der Waals surface area contributed by atoms with Crippen LogP contribution in [-0.2, 0) is 0 Å². The number of allylic oxidation sites excluding steroid dienone is 3. The minimum Gasteiger partial charge on any atom is -0.145 e. The van der Waals surface area contributed by atoms with Gasteiger partial charge in [-0.2, -0.15) is 0 Å². The molecule has 0 saturated heterocycles. The van der Waals surface area contributed by atoms with Crippen molar-refractivity contribution in [1.29, 1.82) is 0 Å². The molecule has 0 fully saturated rings. The molecular weight excluding hydrogens is 138 g/mol. The van der Waals surface area contributed by atoms with Crippen LogP contribution in [0.1, 0.15) is 20.3 Å². The Bertz CT molecular complexity index is 204. The van der Waals surface area contributed by atoms with E-state index in [9.17, 15) is 4.91 Å². The van der Waals surface area contributed by atoms with Crippen LogP contribution in [0.5, 0.6) is 0 Å². The third-order valence-electron chi connectivity index (χ3n) is 2.08. The molecule has 0 aromatic carbocycles. The van der Waals surface area contributed by atoms with Crippen molar-refractivity contribution >= 4 is 0 Å². The molecule has 1 rings (SSSR count). The molecule has 0 N–H and O–H groups in total. The summed E-state index contributed by atoms with van der Waals surface area (Å²) in [5, 5.41) is 2.87. The van der Waals surface area contributed by atoms with Crippen LogP contribution in [0.3, 0.4) is 0 Å². The highest BCUT2D eigenvalue weighted by Gasteiger charge is 2.11. The molecule has 11 heavy (non-hydrogen) atoms. The molecule has 0 spiro atoms. The highest BCUT2D eigenvalue weighted by atomic mass is 16.3. The molecule has 1 atom stereocenters. The van der Waals surface area contributed by atoms with E-state index in [0.717, 1.165) is 6.42 Å². The van der Waals surface area contributed by atoms with Crippen LogP contribution in [0.2, 0.25) is 0 Å². The second kappa shape index (κ2) is 3.46. The summed E-state index contributed by atoms with van der Waals surface area (Å²) < 4.78 is 0. The first kappa shape index (κ1) is 8.18. The largest absolute Gasteiger partial charge is 0.145 e. The third kappa shape index (κ3) is 2.00. The Morgan fingerprint density at radius 3 is 2.73 bits per heavy atom. The SMILES string of the molecule is CC(C)C1C=CC(N=O)=CC1. The molecule has 0 aromatic heterocycles. The Labute approximate surface area is 67.0 Å². The summed E-state index contributed by atoms with van der Waals surface area (Å²) in [6.07, 6.45) is 6.73. The van der Waals surface area contributed by atoms with E-state index >= 15 is 0 Å². The zero-order valence-electron chi connectivity index (χ0n) is 6.95. The molecule has 0 saturated carbocycles. The molecule has 0 radical (unpaired) electrons. The molecule has 1 aliphatic rings. The molecule has 0 aromatic rings. The van der Waals surface area contributed by atoms with Crippen LogP contribution in [0.25, 0.3) is 0 Å². The molecule has 0 heterocycles. The van der Waals surface area contributed by atoms with Crippen molar-refractivity contribution in [1.82, 2.24) is 0 Å². The molecule has 0 amide bonds. The average Bonchev–Trinajstić information content (AvgIpc) is 2.05. The second-order valence-corrected chi connectivity index (χ2v) is 3.22. The lowest BCUT2D eigenvalue weighted by Crippen LogP contribution is -2.06. The van der Waals surface area contributed by atoms with Gasteiger partial charge in [0.15, 0.2) is 0 Å². The van der Waals surface area contributed by atoms with E-state index < -0.39 is 0 Å². The van der Waals surface area contributed by atoms with E-state index in [2.05, 4.69) is 25.1 Å². The summed E-state index contributed by atoms with van der Waals surface area (Å²) >= 11 is 0. The first-order chi connectivity index (χ1) is 5.24. The summed E-state index contributed by atoms with van der Waals surface area (Å²) in [5.74, 6) is 1.23. The number of nitrogens with zero attached hydrogens (tertiary/aromatic N) is 1. The number of nitroso groups, excluding NO2 is 1. The maximum atomic E-state index is 10.1. The first-order valence-electron chi connectivity index (χ1n) is 3.95. The summed E-state index contributed by atoms with van der Waals surface area (Å²) in [5.41, 5.74) is 0.571. The molecule has 2 nitrogen and oxygen atoms in total. The van der Waals surface area contributed by atoms with Gasteiger partial charge in [0.2, 0.25) is 0 Å². The van der Waals surface area contributed by atoms with Crippen molar-refractivity contribution in [3.8, 4) is 0 Å². The van der Waals surface area contributed by atoms with E-state index in [1.807, 2.05) is 6.08 Å². The number of hydrogen-bond acceptors (Lipinski definition) is 2. The van der Waals surface area contributed by atoms with Crippen LogP contribution < -0.4 is 0 Å². The zero-order chi connectivity index (χ0) is 8.27. The first-order valence-corrected chi connectivity index (χ1v) is 3.95. The van der Waals surface area contributed by atoms with E-state index in [0.29, 0.717) is 17.5 Å². The minimum atomic E-state index is 0.571. The topological polar surface area (TPSA) is 29.4 Å². The predicted octanol–water partition coefficient (Wildman–Crippen LogP) is 2.87. The van der Waals surface area contributed by atoms with Crippen LogP contribution in [0.15, 0.2) is 29.1 Å². The molecular formula is C9H13NO. The minimum absolute atomic E-state index is 0.571. The maximum absolute atomic E-state index is 10.1. The van der Waals surface area contributed by atoms with Gasteiger partial charge in [0.25, 0.3) is 0 Å². The van der Waals surface area contributed by atoms with Gasteiger partial charge in [-0.3, -0.25) is 0 Å². The van der Waals surface area contributed by atoms with Gasteiger partial charge >= 0.3 is 0 Å². The van der Waals surface area contributed by atoms with Crippen molar-refractivity contribution in [2.24, 2.45) is 17.0 Å². The maximum Gasteiger partial charge on any atom is 0.103 e. The highest BCUT2D eigenvalue weighted by Crippen LogP contribution is 2.23. The van der Waals surface area contributed by atoms with Gasteiger partial charge in [-0.15, -0.1) is 4.91 Å². The van der Waals surface area contributed by atoms with Crippen molar-refractivity contribution < 1.29 is 0 Å². The Morgan fingerprint density at radius 1 is 1.64 bits per heavy atom. The van der Waals surface area contributed by atoms with Gasteiger partial charge in [0, 0.05) is 0 Å². The summed E-state index contributed by atoms with van der Waals surface area (Å²) in [6.45, 7) is 4.37. The van der Waals surface area contributed by atoms with E-state index in [1.54, 1.807) is 6.08 Å². The fourth-order valence-corrected chi connectivity index (χ4v) is 1.19. The lowest BCUT2D eigenvalue weighted by Gasteiger charge is -2.17. The van der Waals surface area contributed by atoms with E-state index in [4.69, 9.17) is 0 Å². The quantitative estimate of drug-likeness (QED) is 0.558. The standard InChI is InChI=1S/C9H13NO/c1-7(2)8-3-5-9(10-11)6-4-8/h3,5-8H,4H2,1-2H3. The Kier molecular flexibility index (Phi) is 2.58. The van der Waals surface area contributed by atoms with E-state index in [-0.39, 0.29) is 0 Å². The normalized spacial score (nSPS) is 23.5. The molecule has 1 unspecified atom stereocenters. The van der Waals surface area contributed by atoms with Gasteiger partial charge in [0.1, 0.15) is 5.70 Å². The summed E-state index contributed by atoms with van der Waals surface area (Å²) in [6, 6.07) is 0. The molecule has 60 valence electrons. The predicted molar refractivity (Wildman–Crippen MR) is 46.0 cm³/mol. The lowest BCUT2D eigenvalue weighted by atomic mass is 9.89. The van der Waals surface area contributed by atoms with Gasteiger partial charge in [0.05, 0.1) is 0 Å². The smallest absolute Gasteiger partial charge is 0.103 e. The fraction of sp³-hybridized carbons (Fsp3) is 0.556. The van der Waals surface area contributed by atoms with Gasteiger partial charge in [-0.25, -0.2) is 0 Å². The van der Waals surface area contributed by atoms with Crippen molar-refractivity contribution in [2.45, 2.75) is 20.3 Å². The average molecular weight is 151 g/mol. The van der Waals surface area contributed by atoms with Gasteiger partial charge in [-0.05, 0) is 29.5 Å². The van der Waals surface area contributed by atoms with Crippen LogP contribution in [0.4, 0.5) is 0 Å². The van der Waals surface area contributed by atoms with Crippen LogP contribution in [0, 0.1) is 16.7 Å². The van der Waals surface area contributed by atoms with Gasteiger partial charge < -0.3 is 0 Å².